The molecule has 1 fully saturated rings. The summed E-state index contributed by atoms with van der Waals surface area (Å²) in [6, 6.07) is 0.190. The Morgan fingerprint density at radius 1 is 1.47 bits per heavy atom. The molecule has 4 nitrogen and oxygen atoms in total. The molecule has 2 amide bonds. The molecule has 1 rings (SSSR count). The van der Waals surface area contributed by atoms with E-state index >= 15 is 0 Å². The van der Waals surface area contributed by atoms with Gasteiger partial charge in [-0.3, -0.25) is 0 Å². The lowest BCUT2D eigenvalue weighted by molar-refractivity contribution is 0.0605. The van der Waals surface area contributed by atoms with Gasteiger partial charge in [-0.1, -0.05) is 20.8 Å². The molecular formula is C13H26N2O2. The van der Waals surface area contributed by atoms with Crippen molar-refractivity contribution in [2.24, 2.45) is 11.3 Å². The summed E-state index contributed by atoms with van der Waals surface area (Å²) < 4.78 is 0. The first-order valence-electron chi connectivity index (χ1n) is 6.54. The summed E-state index contributed by atoms with van der Waals surface area (Å²) in [6.07, 6.45) is 1.97. The third kappa shape index (κ3) is 3.87. The summed E-state index contributed by atoms with van der Waals surface area (Å²) in [5.41, 5.74) is -0.128. The number of aliphatic hydroxyl groups excluding tert-OH is 1. The lowest BCUT2D eigenvalue weighted by Crippen LogP contribution is -2.52. The Morgan fingerprint density at radius 3 is 2.65 bits per heavy atom. The van der Waals surface area contributed by atoms with Crippen molar-refractivity contribution < 1.29 is 9.90 Å². The number of aliphatic hydroxyl groups is 1. The van der Waals surface area contributed by atoms with Crippen LogP contribution in [0.1, 0.15) is 40.5 Å². The zero-order valence-electron chi connectivity index (χ0n) is 11.5. The van der Waals surface area contributed by atoms with Crippen LogP contribution in [0.15, 0.2) is 0 Å². The molecule has 17 heavy (non-hydrogen) atoms. The molecule has 0 saturated carbocycles. The van der Waals surface area contributed by atoms with E-state index < -0.39 is 0 Å². The zero-order valence-corrected chi connectivity index (χ0v) is 11.5. The average Bonchev–Trinajstić information content (AvgIpc) is 2.29. The maximum absolute atomic E-state index is 12.0. The lowest BCUT2D eigenvalue weighted by Gasteiger charge is -2.39. The fourth-order valence-electron chi connectivity index (χ4n) is 2.07. The largest absolute Gasteiger partial charge is 0.396 e. The number of hydrogen-bond acceptors (Lipinski definition) is 2. The molecule has 1 saturated heterocycles. The van der Waals surface area contributed by atoms with E-state index in [9.17, 15) is 9.90 Å². The predicted molar refractivity (Wildman–Crippen MR) is 68.8 cm³/mol. The van der Waals surface area contributed by atoms with E-state index in [1.165, 1.54) is 0 Å². The first kappa shape index (κ1) is 14.3. The van der Waals surface area contributed by atoms with Crippen molar-refractivity contribution in [3.63, 3.8) is 0 Å². The Bertz CT molecular complexity index is 268. The number of nitrogens with zero attached hydrogens (tertiary/aromatic N) is 1. The van der Waals surface area contributed by atoms with Gasteiger partial charge in [-0.25, -0.2) is 4.79 Å². The van der Waals surface area contributed by atoms with Gasteiger partial charge < -0.3 is 15.3 Å². The molecule has 100 valence electrons. The van der Waals surface area contributed by atoms with Gasteiger partial charge in [0.2, 0.25) is 0 Å². The summed E-state index contributed by atoms with van der Waals surface area (Å²) in [5.74, 6) is 0.438. The van der Waals surface area contributed by atoms with Gasteiger partial charge in [-0.2, -0.15) is 0 Å². The highest BCUT2D eigenvalue weighted by Crippen LogP contribution is 2.28. The normalized spacial score (nSPS) is 27.1. The molecule has 0 aromatic carbocycles. The third-order valence-electron chi connectivity index (χ3n) is 3.80. The summed E-state index contributed by atoms with van der Waals surface area (Å²) in [5, 5.41) is 12.4. The maximum atomic E-state index is 12.0. The zero-order chi connectivity index (χ0) is 13.1. The van der Waals surface area contributed by atoms with Crippen molar-refractivity contribution in [1.29, 1.82) is 0 Å². The topological polar surface area (TPSA) is 52.6 Å². The van der Waals surface area contributed by atoms with Crippen LogP contribution >= 0.6 is 0 Å². The van der Waals surface area contributed by atoms with E-state index in [0.29, 0.717) is 12.5 Å². The van der Waals surface area contributed by atoms with Crippen LogP contribution in [0.3, 0.4) is 0 Å². The van der Waals surface area contributed by atoms with Crippen molar-refractivity contribution >= 4 is 6.03 Å². The highest BCUT2D eigenvalue weighted by molar-refractivity contribution is 5.74. The molecule has 2 N–H and O–H groups in total. The lowest BCUT2D eigenvalue weighted by atomic mass is 9.83. The molecule has 2 unspecified atom stereocenters. The molecule has 4 heteroatoms. The molecule has 0 radical (unpaired) electrons. The molecular weight excluding hydrogens is 216 g/mol. The Balaban J connectivity index is 2.52. The van der Waals surface area contributed by atoms with E-state index in [4.69, 9.17) is 0 Å². The first-order chi connectivity index (χ1) is 7.88. The number of rotatable bonds is 3. The average molecular weight is 242 g/mol. The molecule has 1 aliphatic heterocycles. The van der Waals surface area contributed by atoms with Crippen LogP contribution in [0.2, 0.25) is 0 Å². The number of likely N-dealkylation sites (tertiary alicyclic amines) is 1. The quantitative estimate of drug-likeness (QED) is 0.793. The minimum Gasteiger partial charge on any atom is -0.396 e. The Kier molecular flexibility index (Phi) is 4.80. The standard InChI is InChI=1S/C13H26N2O2/c1-10(2)11(3)14-12(17)15-7-5-6-13(4,8-15)9-16/h10-11,16H,5-9H2,1-4H3,(H,14,17). The minimum absolute atomic E-state index is 0.00516. The maximum Gasteiger partial charge on any atom is 0.317 e. The van der Waals surface area contributed by atoms with Gasteiger partial charge in [0.05, 0.1) is 6.61 Å². The monoisotopic (exact) mass is 242 g/mol. The van der Waals surface area contributed by atoms with Crippen molar-refractivity contribution in [2.75, 3.05) is 19.7 Å². The summed E-state index contributed by atoms with van der Waals surface area (Å²) in [4.78, 5) is 13.9. The Labute approximate surface area is 104 Å². The second kappa shape index (κ2) is 5.71. The number of nitrogens with one attached hydrogen (secondary N) is 1. The smallest absolute Gasteiger partial charge is 0.317 e. The fourth-order valence-corrected chi connectivity index (χ4v) is 2.07. The van der Waals surface area contributed by atoms with E-state index in [0.717, 1.165) is 19.4 Å². The Hall–Kier alpha value is -0.770. The predicted octanol–water partition coefficient (Wildman–Crippen LogP) is 1.83. The second-order valence-corrected chi connectivity index (χ2v) is 5.98. The molecule has 2 atom stereocenters. The first-order valence-corrected chi connectivity index (χ1v) is 6.54. The van der Waals surface area contributed by atoms with Crippen LogP contribution in [0.25, 0.3) is 0 Å². The fraction of sp³-hybridized carbons (Fsp3) is 0.923. The van der Waals surface area contributed by atoms with Crippen molar-refractivity contribution in [2.45, 2.75) is 46.6 Å². The molecule has 0 aromatic heterocycles. The number of urea groups is 1. The number of carbonyl (C=O) groups excluding carboxylic acids is 1. The van der Waals surface area contributed by atoms with Gasteiger partial charge in [0, 0.05) is 24.5 Å². The van der Waals surface area contributed by atoms with Gasteiger partial charge in [-0.05, 0) is 25.7 Å². The summed E-state index contributed by atoms with van der Waals surface area (Å²) in [7, 11) is 0. The van der Waals surface area contributed by atoms with Crippen molar-refractivity contribution in [3.8, 4) is 0 Å². The summed E-state index contributed by atoms with van der Waals surface area (Å²) >= 11 is 0. The Morgan fingerprint density at radius 2 is 2.12 bits per heavy atom. The van der Waals surface area contributed by atoms with E-state index in [-0.39, 0.29) is 24.1 Å². The minimum atomic E-state index is -0.128. The summed E-state index contributed by atoms with van der Waals surface area (Å²) in [6.45, 7) is 9.86. The molecule has 1 heterocycles. The van der Waals surface area contributed by atoms with Crippen LogP contribution in [0.4, 0.5) is 4.79 Å². The van der Waals surface area contributed by atoms with Gasteiger partial charge >= 0.3 is 6.03 Å². The number of amides is 2. The van der Waals surface area contributed by atoms with Gasteiger partial charge in [0.1, 0.15) is 0 Å². The van der Waals surface area contributed by atoms with Crippen LogP contribution in [-0.2, 0) is 0 Å². The van der Waals surface area contributed by atoms with Crippen molar-refractivity contribution in [3.05, 3.63) is 0 Å². The van der Waals surface area contributed by atoms with Crippen LogP contribution < -0.4 is 5.32 Å². The van der Waals surface area contributed by atoms with Gasteiger partial charge in [-0.15, -0.1) is 0 Å². The number of hydrogen-bond donors (Lipinski definition) is 2. The van der Waals surface area contributed by atoms with Crippen LogP contribution in [-0.4, -0.2) is 41.8 Å². The van der Waals surface area contributed by atoms with Crippen molar-refractivity contribution in [1.82, 2.24) is 10.2 Å². The molecule has 0 aliphatic carbocycles. The molecule has 0 spiro atoms. The number of piperidine rings is 1. The SMILES string of the molecule is CC(C)C(C)NC(=O)N1CCCC(C)(CO)C1. The van der Waals surface area contributed by atoms with E-state index in [2.05, 4.69) is 19.2 Å². The van der Waals surface area contributed by atoms with E-state index in [1.807, 2.05) is 18.7 Å². The highest BCUT2D eigenvalue weighted by atomic mass is 16.3. The number of carbonyl (C=O) groups is 1. The van der Waals surface area contributed by atoms with Crippen LogP contribution in [0.5, 0.6) is 0 Å². The molecule has 0 bridgehead atoms. The molecule has 1 aliphatic rings. The molecule has 0 aromatic rings. The highest BCUT2D eigenvalue weighted by Gasteiger charge is 2.32. The third-order valence-corrected chi connectivity index (χ3v) is 3.80. The second-order valence-electron chi connectivity index (χ2n) is 5.98. The van der Waals surface area contributed by atoms with Gasteiger partial charge in [0.25, 0.3) is 0 Å². The van der Waals surface area contributed by atoms with Crippen LogP contribution in [0, 0.1) is 11.3 Å². The van der Waals surface area contributed by atoms with E-state index in [1.54, 1.807) is 0 Å². The van der Waals surface area contributed by atoms with Gasteiger partial charge in [0.15, 0.2) is 0 Å².